The van der Waals surface area contributed by atoms with Crippen LogP contribution in [0, 0.1) is 0 Å². The van der Waals surface area contributed by atoms with Gasteiger partial charge in [0.25, 0.3) is 0 Å². The molecule has 1 saturated carbocycles. The summed E-state index contributed by atoms with van der Waals surface area (Å²) in [6, 6.07) is 4.06. The highest BCUT2D eigenvalue weighted by Gasteiger charge is 2.31. The van der Waals surface area contributed by atoms with Crippen LogP contribution >= 0.6 is 0 Å². The van der Waals surface area contributed by atoms with Crippen LogP contribution in [-0.4, -0.2) is 52.8 Å². The Morgan fingerprint density at radius 3 is 2.76 bits per heavy atom. The molecule has 0 unspecified atom stereocenters. The molecule has 1 saturated heterocycles. The number of sulfonamides is 1. The Hall–Kier alpha value is -1.68. The fraction of sp³-hybridized carbons (Fsp3) is 0.562. The summed E-state index contributed by atoms with van der Waals surface area (Å²) in [7, 11) is -2.29. The first-order valence-electron chi connectivity index (χ1n) is 8.27. The molecular formula is C16H23N3O5S. The van der Waals surface area contributed by atoms with Gasteiger partial charge < -0.3 is 20.1 Å². The Bertz CT molecular complexity index is 748. The lowest BCUT2D eigenvalue weighted by molar-refractivity contribution is -0.123. The van der Waals surface area contributed by atoms with E-state index in [4.69, 9.17) is 9.47 Å². The van der Waals surface area contributed by atoms with Crippen LogP contribution in [0.1, 0.15) is 19.8 Å². The van der Waals surface area contributed by atoms with Crippen molar-refractivity contribution in [3.8, 4) is 5.75 Å². The number of rotatable bonds is 6. The zero-order valence-corrected chi connectivity index (χ0v) is 15.1. The van der Waals surface area contributed by atoms with Crippen LogP contribution in [0.25, 0.3) is 0 Å². The zero-order chi connectivity index (χ0) is 18.0. The number of benzene rings is 1. The standard InChI is InChI=1S/C16H23N3O5S/c1-10-15(17-7-8-24-10)16(20)18-12-5-6-13(23-2)14(9-12)25(21,22)19-11-3-4-11/h5-6,9-11,15,17,19H,3-4,7-8H2,1-2H3,(H,18,20)/t10-,15+/m1/s1. The van der Waals surface area contributed by atoms with Gasteiger partial charge in [-0.2, -0.15) is 0 Å². The summed E-state index contributed by atoms with van der Waals surface area (Å²) in [6.45, 7) is 2.97. The molecule has 1 heterocycles. The van der Waals surface area contributed by atoms with E-state index >= 15 is 0 Å². The van der Waals surface area contributed by atoms with Gasteiger partial charge in [0.1, 0.15) is 16.7 Å². The normalized spacial score (nSPS) is 23.9. The molecule has 0 spiro atoms. The molecule has 3 N–H and O–H groups in total. The minimum atomic E-state index is -3.70. The molecule has 1 aromatic rings. The fourth-order valence-corrected chi connectivity index (χ4v) is 4.20. The van der Waals surface area contributed by atoms with Crippen LogP contribution in [0.2, 0.25) is 0 Å². The first kappa shape index (κ1) is 18.1. The molecule has 2 aliphatic rings. The van der Waals surface area contributed by atoms with E-state index in [0.717, 1.165) is 12.8 Å². The van der Waals surface area contributed by atoms with Gasteiger partial charge in [0.15, 0.2) is 0 Å². The molecule has 0 radical (unpaired) electrons. The molecule has 3 rings (SSSR count). The first-order valence-corrected chi connectivity index (χ1v) is 9.75. The molecule has 1 aliphatic carbocycles. The summed E-state index contributed by atoms with van der Waals surface area (Å²) in [5, 5.41) is 5.84. The molecule has 1 amide bonds. The molecule has 0 bridgehead atoms. The molecule has 9 heteroatoms. The van der Waals surface area contributed by atoms with Crippen molar-refractivity contribution in [1.29, 1.82) is 0 Å². The van der Waals surface area contributed by atoms with E-state index in [-0.39, 0.29) is 28.7 Å². The molecule has 2 atom stereocenters. The highest BCUT2D eigenvalue weighted by Crippen LogP contribution is 2.30. The minimum Gasteiger partial charge on any atom is -0.495 e. The Morgan fingerprint density at radius 1 is 1.36 bits per heavy atom. The van der Waals surface area contributed by atoms with Crippen LogP contribution in [0.3, 0.4) is 0 Å². The number of carbonyl (C=O) groups is 1. The average Bonchev–Trinajstić information content (AvgIpc) is 3.38. The van der Waals surface area contributed by atoms with Crippen molar-refractivity contribution in [1.82, 2.24) is 10.0 Å². The van der Waals surface area contributed by atoms with E-state index in [1.54, 1.807) is 6.07 Å². The fourth-order valence-electron chi connectivity index (χ4n) is 2.70. The average molecular weight is 369 g/mol. The Balaban J connectivity index is 1.80. The van der Waals surface area contributed by atoms with Crippen molar-refractivity contribution >= 4 is 21.6 Å². The molecule has 1 aromatic carbocycles. The zero-order valence-electron chi connectivity index (χ0n) is 14.2. The lowest BCUT2D eigenvalue weighted by atomic mass is 10.1. The van der Waals surface area contributed by atoms with E-state index in [0.29, 0.717) is 18.8 Å². The largest absolute Gasteiger partial charge is 0.495 e. The van der Waals surface area contributed by atoms with Gasteiger partial charge in [-0.25, -0.2) is 13.1 Å². The predicted molar refractivity (Wildman–Crippen MR) is 92.2 cm³/mol. The van der Waals surface area contributed by atoms with Crippen LogP contribution in [0.4, 0.5) is 5.69 Å². The summed E-state index contributed by atoms with van der Waals surface area (Å²) in [5.41, 5.74) is 0.390. The van der Waals surface area contributed by atoms with Crippen LogP contribution < -0.4 is 20.1 Å². The SMILES string of the molecule is COc1ccc(NC(=O)[C@H]2NCCO[C@@H]2C)cc1S(=O)(=O)NC1CC1. The molecule has 138 valence electrons. The second kappa shape index (κ2) is 7.28. The topological polar surface area (TPSA) is 106 Å². The molecular weight excluding hydrogens is 346 g/mol. The van der Waals surface area contributed by atoms with Crippen molar-refractivity contribution in [2.45, 2.75) is 42.8 Å². The summed E-state index contributed by atoms with van der Waals surface area (Å²) in [4.78, 5) is 12.4. The molecule has 1 aliphatic heterocycles. The Kier molecular flexibility index (Phi) is 5.28. The van der Waals surface area contributed by atoms with E-state index in [9.17, 15) is 13.2 Å². The van der Waals surface area contributed by atoms with E-state index in [2.05, 4.69) is 15.4 Å². The maximum atomic E-state index is 12.5. The molecule has 8 nitrogen and oxygen atoms in total. The highest BCUT2D eigenvalue weighted by molar-refractivity contribution is 7.89. The number of morpholine rings is 1. The summed E-state index contributed by atoms with van der Waals surface area (Å²) in [5.74, 6) is -0.0329. The third-order valence-electron chi connectivity index (χ3n) is 4.22. The smallest absolute Gasteiger partial charge is 0.244 e. The van der Waals surface area contributed by atoms with Gasteiger partial charge in [-0.1, -0.05) is 0 Å². The van der Waals surface area contributed by atoms with Gasteiger partial charge in [0, 0.05) is 18.3 Å². The van der Waals surface area contributed by atoms with Gasteiger partial charge in [0.05, 0.1) is 19.8 Å². The number of amides is 1. The molecule has 2 fully saturated rings. The van der Waals surface area contributed by atoms with Gasteiger partial charge in [-0.05, 0) is 38.0 Å². The number of methoxy groups -OCH3 is 1. The van der Waals surface area contributed by atoms with Crippen LogP contribution in [0.15, 0.2) is 23.1 Å². The number of ether oxygens (including phenoxy) is 2. The van der Waals surface area contributed by atoms with Crippen molar-refractivity contribution in [2.75, 3.05) is 25.6 Å². The van der Waals surface area contributed by atoms with Crippen molar-refractivity contribution < 1.29 is 22.7 Å². The van der Waals surface area contributed by atoms with Gasteiger partial charge in [0.2, 0.25) is 15.9 Å². The minimum absolute atomic E-state index is 0.0144. The number of nitrogens with one attached hydrogen (secondary N) is 3. The van der Waals surface area contributed by atoms with E-state index < -0.39 is 16.1 Å². The Labute approximate surface area is 147 Å². The van der Waals surface area contributed by atoms with Crippen molar-refractivity contribution in [2.24, 2.45) is 0 Å². The molecule has 25 heavy (non-hydrogen) atoms. The third kappa shape index (κ3) is 4.30. The quantitative estimate of drug-likeness (QED) is 0.672. The number of anilines is 1. The number of hydrogen-bond donors (Lipinski definition) is 3. The number of carbonyl (C=O) groups excluding carboxylic acids is 1. The maximum absolute atomic E-state index is 12.5. The van der Waals surface area contributed by atoms with E-state index in [1.165, 1.54) is 19.2 Å². The van der Waals surface area contributed by atoms with E-state index in [1.807, 2.05) is 6.92 Å². The highest BCUT2D eigenvalue weighted by atomic mass is 32.2. The van der Waals surface area contributed by atoms with Gasteiger partial charge in [-0.15, -0.1) is 0 Å². The van der Waals surface area contributed by atoms with Gasteiger partial charge >= 0.3 is 0 Å². The lowest BCUT2D eigenvalue weighted by Crippen LogP contribution is -2.53. The predicted octanol–water partition coefficient (Wildman–Crippen LogP) is 0.451. The first-order chi connectivity index (χ1) is 11.9. The second-order valence-corrected chi connectivity index (χ2v) is 7.94. The molecule has 0 aromatic heterocycles. The van der Waals surface area contributed by atoms with Crippen LogP contribution in [-0.2, 0) is 19.6 Å². The van der Waals surface area contributed by atoms with Crippen LogP contribution in [0.5, 0.6) is 5.75 Å². The summed E-state index contributed by atoms with van der Waals surface area (Å²) in [6.07, 6.45) is 1.42. The van der Waals surface area contributed by atoms with Gasteiger partial charge in [-0.3, -0.25) is 4.79 Å². The maximum Gasteiger partial charge on any atom is 0.244 e. The van der Waals surface area contributed by atoms with Crippen molar-refractivity contribution in [3.63, 3.8) is 0 Å². The summed E-state index contributed by atoms with van der Waals surface area (Å²) >= 11 is 0. The lowest BCUT2D eigenvalue weighted by Gasteiger charge is -2.29. The third-order valence-corrected chi connectivity index (χ3v) is 5.76. The monoisotopic (exact) mass is 369 g/mol. The second-order valence-electron chi connectivity index (χ2n) is 6.26. The van der Waals surface area contributed by atoms with Crippen molar-refractivity contribution in [3.05, 3.63) is 18.2 Å². The summed E-state index contributed by atoms with van der Waals surface area (Å²) < 4.78 is 38.3. The number of hydrogen-bond acceptors (Lipinski definition) is 6. The Morgan fingerprint density at radius 2 is 2.12 bits per heavy atom.